The number of rotatable bonds is 7. The molecule has 0 saturated heterocycles. The Morgan fingerprint density at radius 1 is 1.08 bits per heavy atom. The zero-order valence-electron chi connectivity index (χ0n) is 14.1. The summed E-state index contributed by atoms with van der Waals surface area (Å²) in [5, 5.41) is 2.59. The van der Waals surface area contributed by atoms with Gasteiger partial charge in [-0.2, -0.15) is 8.78 Å². The lowest BCUT2D eigenvalue weighted by Crippen LogP contribution is -2.30. The second kappa shape index (κ2) is 8.80. The number of alkyl halides is 2. The Morgan fingerprint density at radius 2 is 1.81 bits per heavy atom. The van der Waals surface area contributed by atoms with Crippen molar-refractivity contribution < 1.29 is 32.6 Å². The maximum atomic E-state index is 12.2. The van der Waals surface area contributed by atoms with Crippen molar-refractivity contribution in [3.8, 4) is 11.5 Å². The summed E-state index contributed by atoms with van der Waals surface area (Å²) < 4.78 is 38.9. The molecular formula is C18H17F2NO5. The van der Waals surface area contributed by atoms with Gasteiger partial charge < -0.3 is 19.5 Å². The summed E-state index contributed by atoms with van der Waals surface area (Å²) in [6.07, 6.45) is -1.12. The third-order valence-electron chi connectivity index (χ3n) is 3.31. The highest BCUT2D eigenvalue weighted by atomic mass is 19.3. The van der Waals surface area contributed by atoms with Crippen molar-refractivity contribution >= 4 is 17.6 Å². The van der Waals surface area contributed by atoms with Crippen LogP contribution in [0.1, 0.15) is 17.3 Å². The number of nitrogens with one attached hydrogen (secondary N) is 1. The third kappa shape index (κ3) is 5.17. The van der Waals surface area contributed by atoms with Gasteiger partial charge in [0.15, 0.2) is 6.10 Å². The molecule has 0 heterocycles. The Balaban J connectivity index is 2.01. The van der Waals surface area contributed by atoms with Crippen LogP contribution in [0.2, 0.25) is 0 Å². The molecule has 0 radical (unpaired) electrons. The molecule has 2 rings (SSSR count). The quantitative estimate of drug-likeness (QED) is 0.761. The molecular weight excluding hydrogens is 348 g/mol. The van der Waals surface area contributed by atoms with E-state index in [1.54, 1.807) is 24.3 Å². The molecule has 0 aliphatic heterocycles. The maximum Gasteiger partial charge on any atom is 0.387 e. The first-order chi connectivity index (χ1) is 12.4. The van der Waals surface area contributed by atoms with Crippen molar-refractivity contribution in [2.24, 2.45) is 0 Å². The first-order valence-corrected chi connectivity index (χ1v) is 7.60. The van der Waals surface area contributed by atoms with Crippen LogP contribution in [0.25, 0.3) is 0 Å². The molecule has 1 N–H and O–H groups in total. The van der Waals surface area contributed by atoms with Crippen LogP contribution in [-0.4, -0.2) is 31.7 Å². The first-order valence-electron chi connectivity index (χ1n) is 7.60. The molecule has 2 aromatic carbocycles. The first kappa shape index (κ1) is 19.2. The van der Waals surface area contributed by atoms with Gasteiger partial charge in [-0.1, -0.05) is 18.2 Å². The summed E-state index contributed by atoms with van der Waals surface area (Å²) in [7, 11) is 1.46. The average Bonchev–Trinajstić information content (AvgIpc) is 2.61. The molecule has 26 heavy (non-hydrogen) atoms. The molecule has 0 spiro atoms. The van der Waals surface area contributed by atoms with Gasteiger partial charge in [0.1, 0.15) is 11.5 Å². The van der Waals surface area contributed by atoms with E-state index in [1.165, 1.54) is 32.2 Å². The number of halogens is 2. The summed E-state index contributed by atoms with van der Waals surface area (Å²) in [5.74, 6) is -1.13. The van der Waals surface area contributed by atoms with Crippen LogP contribution in [0.5, 0.6) is 11.5 Å². The average molecular weight is 365 g/mol. The van der Waals surface area contributed by atoms with Crippen LogP contribution >= 0.6 is 0 Å². The van der Waals surface area contributed by atoms with Crippen molar-refractivity contribution in [1.29, 1.82) is 0 Å². The van der Waals surface area contributed by atoms with Crippen molar-refractivity contribution in [3.05, 3.63) is 54.1 Å². The predicted octanol–water partition coefficient (Wildman–Crippen LogP) is 3.48. The van der Waals surface area contributed by atoms with Gasteiger partial charge in [-0.25, -0.2) is 4.79 Å². The van der Waals surface area contributed by atoms with E-state index in [2.05, 4.69) is 10.1 Å². The van der Waals surface area contributed by atoms with Gasteiger partial charge in [0, 0.05) is 0 Å². The number of ether oxygens (including phenoxy) is 3. The SMILES string of the molecule is COc1ccccc1NC(=O)[C@H](C)OC(=O)c1cccc(OC(F)F)c1. The largest absolute Gasteiger partial charge is 0.495 e. The van der Waals surface area contributed by atoms with E-state index in [1.807, 2.05) is 0 Å². The zero-order chi connectivity index (χ0) is 19.1. The molecule has 0 aliphatic rings. The Morgan fingerprint density at radius 3 is 2.50 bits per heavy atom. The second-order valence-electron chi connectivity index (χ2n) is 5.14. The number of carbonyl (C=O) groups is 2. The zero-order valence-corrected chi connectivity index (χ0v) is 14.1. The van der Waals surface area contributed by atoms with Crippen LogP contribution in [0.4, 0.5) is 14.5 Å². The fourth-order valence-electron chi connectivity index (χ4n) is 2.06. The number of amides is 1. The fourth-order valence-corrected chi connectivity index (χ4v) is 2.06. The minimum atomic E-state index is -3.01. The second-order valence-corrected chi connectivity index (χ2v) is 5.14. The van der Waals surface area contributed by atoms with Crippen LogP contribution < -0.4 is 14.8 Å². The number of methoxy groups -OCH3 is 1. The van der Waals surface area contributed by atoms with Gasteiger partial charge in [-0.15, -0.1) is 0 Å². The van der Waals surface area contributed by atoms with E-state index in [0.29, 0.717) is 11.4 Å². The van der Waals surface area contributed by atoms with Gasteiger partial charge in [-0.3, -0.25) is 4.79 Å². The van der Waals surface area contributed by atoms with E-state index < -0.39 is 24.6 Å². The fraction of sp³-hybridized carbons (Fsp3) is 0.222. The number of para-hydroxylation sites is 2. The van der Waals surface area contributed by atoms with Crippen molar-refractivity contribution in [1.82, 2.24) is 0 Å². The number of carbonyl (C=O) groups excluding carboxylic acids is 2. The Hall–Kier alpha value is -3.16. The van der Waals surface area contributed by atoms with Crippen LogP contribution in [-0.2, 0) is 9.53 Å². The summed E-state index contributed by atoms with van der Waals surface area (Å²) in [6.45, 7) is -1.62. The molecule has 0 aliphatic carbocycles. The Kier molecular flexibility index (Phi) is 6.48. The van der Waals surface area contributed by atoms with E-state index >= 15 is 0 Å². The summed E-state index contributed by atoms with van der Waals surface area (Å²) >= 11 is 0. The molecule has 1 amide bonds. The molecule has 2 aromatic rings. The molecule has 8 heteroatoms. The van der Waals surface area contributed by atoms with Gasteiger partial charge in [0.05, 0.1) is 18.4 Å². The van der Waals surface area contributed by atoms with E-state index in [4.69, 9.17) is 9.47 Å². The molecule has 1 atom stereocenters. The van der Waals surface area contributed by atoms with Crippen molar-refractivity contribution in [3.63, 3.8) is 0 Å². The maximum absolute atomic E-state index is 12.2. The molecule has 0 saturated carbocycles. The monoisotopic (exact) mass is 365 g/mol. The highest BCUT2D eigenvalue weighted by Gasteiger charge is 2.20. The highest BCUT2D eigenvalue weighted by Crippen LogP contribution is 2.23. The summed E-state index contributed by atoms with van der Waals surface area (Å²) in [4.78, 5) is 24.3. The minimum absolute atomic E-state index is 0.0138. The standard InChI is InChI=1S/C18H17F2NO5/c1-11(16(22)21-14-8-3-4-9-15(14)24-2)25-17(23)12-6-5-7-13(10-12)26-18(19)20/h3-11,18H,1-2H3,(H,21,22)/t11-/m0/s1. The van der Waals surface area contributed by atoms with Crippen molar-refractivity contribution in [2.45, 2.75) is 19.6 Å². The van der Waals surface area contributed by atoms with E-state index in [0.717, 1.165) is 6.07 Å². The van der Waals surface area contributed by atoms with E-state index in [-0.39, 0.29) is 11.3 Å². The number of benzene rings is 2. The smallest absolute Gasteiger partial charge is 0.387 e. The van der Waals surface area contributed by atoms with Gasteiger partial charge >= 0.3 is 12.6 Å². The van der Waals surface area contributed by atoms with Crippen LogP contribution in [0, 0.1) is 0 Å². The Labute approximate surface area is 148 Å². The third-order valence-corrected chi connectivity index (χ3v) is 3.31. The van der Waals surface area contributed by atoms with Crippen molar-refractivity contribution in [2.75, 3.05) is 12.4 Å². The van der Waals surface area contributed by atoms with Gasteiger partial charge in [0.2, 0.25) is 0 Å². The number of anilines is 1. The number of esters is 1. The molecule has 6 nitrogen and oxygen atoms in total. The molecule has 0 unspecified atom stereocenters. The summed E-state index contributed by atoms with van der Waals surface area (Å²) in [6, 6.07) is 11.9. The van der Waals surface area contributed by atoms with Gasteiger partial charge in [0.25, 0.3) is 5.91 Å². The predicted molar refractivity (Wildman–Crippen MR) is 89.6 cm³/mol. The van der Waals surface area contributed by atoms with Crippen LogP contribution in [0.15, 0.2) is 48.5 Å². The Bertz CT molecular complexity index is 782. The normalized spacial score (nSPS) is 11.6. The highest BCUT2D eigenvalue weighted by molar-refractivity contribution is 5.98. The number of hydrogen-bond acceptors (Lipinski definition) is 5. The molecule has 0 aromatic heterocycles. The lowest BCUT2D eigenvalue weighted by Gasteiger charge is -2.15. The van der Waals surface area contributed by atoms with Gasteiger partial charge in [-0.05, 0) is 37.3 Å². The van der Waals surface area contributed by atoms with E-state index in [9.17, 15) is 18.4 Å². The molecule has 0 bridgehead atoms. The lowest BCUT2D eigenvalue weighted by molar-refractivity contribution is -0.123. The molecule has 138 valence electrons. The molecule has 0 fully saturated rings. The minimum Gasteiger partial charge on any atom is -0.495 e. The topological polar surface area (TPSA) is 73.9 Å². The van der Waals surface area contributed by atoms with Crippen LogP contribution in [0.3, 0.4) is 0 Å². The lowest BCUT2D eigenvalue weighted by atomic mass is 10.2. The summed E-state index contributed by atoms with van der Waals surface area (Å²) in [5.41, 5.74) is 0.412. The number of hydrogen-bond donors (Lipinski definition) is 1.